The zero-order valence-electron chi connectivity index (χ0n) is 14.3. The number of rotatable bonds is 6. The maximum Gasteiger partial charge on any atom is 0.123 e. The van der Waals surface area contributed by atoms with Crippen LogP contribution < -0.4 is 4.90 Å². The van der Waals surface area contributed by atoms with Gasteiger partial charge in [0.05, 0.1) is 16.9 Å². The van der Waals surface area contributed by atoms with Crippen LogP contribution in [0.4, 0.5) is 10.1 Å². The molecule has 0 atom stereocenters. The van der Waals surface area contributed by atoms with Crippen molar-refractivity contribution in [3.8, 4) is 11.3 Å². The van der Waals surface area contributed by atoms with Crippen molar-refractivity contribution in [1.29, 1.82) is 0 Å². The van der Waals surface area contributed by atoms with Gasteiger partial charge in [-0.2, -0.15) is 0 Å². The van der Waals surface area contributed by atoms with E-state index >= 15 is 0 Å². The number of para-hydroxylation sites is 1. The van der Waals surface area contributed by atoms with Crippen LogP contribution in [-0.4, -0.2) is 18.1 Å². The van der Waals surface area contributed by atoms with E-state index in [1.807, 2.05) is 30.3 Å². The Morgan fingerprint density at radius 3 is 2.25 bits per heavy atom. The number of halogens is 1. The number of pyridine rings is 1. The Kier molecular flexibility index (Phi) is 5.09. The Morgan fingerprint density at radius 2 is 1.58 bits per heavy atom. The third-order valence-corrected chi connectivity index (χ3v) is 4.15. The fourth-order valence-electron chi connectivity index (χ4n) is 3.06. The van der Waals surface area contributed by atoms with E-state index in [4.69, 9.17) is 4.98 Å². The summed E-state index contributed by atoms with van der Waals surface area (Å²) in [6, 6.07) is 17.0. The number of hydrogen-bond donors (Lipinski definition) is 0. The molecule has 0 aliphatic heterocycles. The van der Waals surface area contributed by atoms with Gasteiger partial charge in [-0.25, -0.2) is 9.37 Å². The Balaban J connectivity index is 2.19. The molecule has 0 spiro atoms. The molecular weight excluding hydrogens is 299 g/mol. The summed E-state index contributed by atoms with van der Waals surface area (Å²) in [6.07, 6.45) is 2.16. The lowest BCUT2D eigenvalue weighted by Gasteiger charge is -2.26. The Bertz CT molecular complexity index is 806. The van der Waals surface area contributed by atoms with Gasteiger partial charge in [-0.1, -0.05) is 32.0 Å². The van der Waals surface area contributed by atoms with E-state index in [9.17, 15) is 4.39 Å². The Labute approximate surface area is 143 Å². The van der Waals surface area contributed by atoms with E-state index in [0.717, 1.165) is 53.8 Å². The summed E-state index contributed by atoms with van der Waals surface area (Å²) >= 11 is 0. The molecule has 0 amide bonds. The van der Waals surface area contributed by atoms with Gasteiger partial charge in [0.15, 0.2) is 0 Å². The van der Waals surface area contributed by atoms with E-state index in [2.05, 4.69) is 30.9 Å². The van der Waals surface area contributed by atoms with Gasteiger partial charge in [-0.15, -0.1) is 0 Å². The predicted molar refractivity (Wildman–Crippen MR) is 99.9 cm³/mol. The van der Waals surface area contributed by atoms with E-state index in [1.165, 1.54) is 12.1 Å². The molecule has 1 aromatic heterocycles. The molecule has 0 N–H and O–H groups in total. The van der Waals surface area contributed by atoms with Crippen molar-refractivity contribution in [2.45, 2.75) is 26.7 Å². The SMILES string of the molecule is CCCN(CCC)c1cc2ccccc2nc1-c1ccc(F)cc1. The van der Waals surface area contributed by atoms with Crippen LogP contribution in [-0.2, 0) is 0 Å². The monoisotopic (exact) mass is 322 g/mol. The molecule has 24 heavy (non-hydrogen) atoms. The number of anilines is 1. The first kappa shape index (κ1) is 16.4. The summed E-state index contributed by atoms with van der Waals surface area (Å²) in [7, 11) is 0. The minimum absolute atomic E-state index is 0.222. The molecule has 0 unspecified atom stereocenters. The van der Waals surface area contributed by atoms with Gasteiger partial charge in [0.2, 0.25) is 0 Å². The second-order valence-corrected chi connectivity index (χ2v) is 6.04. The molecule has 0 bridgehead atoms. The number of aromatic nitrogens is 1. The predicted octanol–water partition coefficient (Wildman–Crippen LogP) is 5.67. The normalized spacial score (nSPS) is 11.0. The van der Waals surface area contributed by atoms with Crippen LogP contribution in [0.1, 0.15) is 26.7 Å². The maximum atomic E-state index is 13.3. The summed E-state index contributed by atoms with van der Waals surface area (Å²) in [4.78, 5) is 7.28. The molecule has 0 radical (unpaired) electrons. The van der Waals surface area contributed by atoms with Gasteiger partial charge in [0, 0.05) is 24.0 Å². The standard InChI is InChI=1S/C21H23FN2/c1-3-13-24(14-4-2)20-15-17-7-5-6-8-19(17)23-21(20)16-9-11-18(22)12-10-16/h5-12,15H,3-4,13-14H2,1-2H3. The molecule has 0 saturated carbocycles. The molecule has 0 aliphatic carbocycles. The van der Waals surface area contributed by atoms with Gasteiger partial charge in [0.1, 0.15) is 5.82 Å². The largest absolute Gasteiger partial charge is 0.370 e. The molecule has 3 heteroatoms. The summed E-state index contributed by atoms with van der Waals surface area (Å²) in [5.41, 5.74) is 3.97. The van der Waals surface area contributed by atoms with Crippen molar-refractivity contribution in [3.05, 3.63) is 60.4 Å². The molecular formula is C21H23FN2. The molecule has 2 nitrogen and oxygen atoms in total. The van der Waals surface area contributed by atoms with Crippen LogP contribution in [0.15, 0.2) is 54.6 Å². The highest BCUT2D eigenvalue weighted by Crippen LogP contribution is 2.32. The number of nitrogens with zero attached hydrogens (tertiary/aromatic N) is 2. The van der Waals surface area contributed by atoms with Crippen LogP contribution in [0.2, 0.25) is 0 Å². The highest BCUT2D eigenvalue weighted by atomic mass is 19.1. The Morgan fingerprint density at radius 1 is 0.917 bits per heavy atom. The van der Waals surface area contributed by atoms with Crippen molar-refractivity contribution >= 4 is 16.6 Å². The second-order valence-electron chi connectivity index (χ2n) is 6.04. The topological polar surface area (TPSA) is 16.1 Å². The quantitative estimate of drug-likeness (QED) is 0.581. The van der Waals surface area contributed by atoms with Gasteiger partial charge in [-0.3, -0.25) is 0 Å². The Hall–Kier alpha value is -2.42. The fourth-order valence-corrected chi connectivity index (χ4v) is 3.06. The lowest BCUT2D eigenvalue weighted by molar-refractivity contribution is 0.628. The third kappa shape index (κ3) is 3.40. The molecule has 3 aromatic rings. The zero-order valence-corrected chi connectivity index (χ0v) is 14.3. The molecule has 124 valence electrons. The summed E-state index contributed by atoms with van der Waals surface area (Å²) in [5, 5.41) is 1.13. The van der Waals surface area contributed by atoms with Crippen LogP contribution in [0.25, 0.3) is 22.2 Å². The average Bonchev–Trinajstić information content (AvgIpc) is 2.61. The van der Waals surface area contributed by atoms with Crippen molar-refractivity contribution in [2.75, 3.05) is 18.0 Å². The summed E-state index contributed by atoms with van der Waals surface area (Å²) < 4.78 is 13.3. The van der Waals surface area contributed by atoms with Gasteiger partial charge < -0.3 is 4.90 Å². The van der Waals surface area contributed by atoms with Crippen LogP contribution in [0.3, 0.4) is 0 Å². The lowest BCUT2D eigenvalue weighted by Crippen LogP contribution is -2.25. The van der Waals surface area contributed by atoms with Crippen LogP contribution in [0, 0.1) is 5.82 Å². The highest BCUT2D eigenvalue weighted by Gasteiger charge is 2.15. The first-order valence-corrected chi connectivity index (χ1v) is 8.63. The minimum atomic E-state index is -0.222. The average molecular weight is 322 g/mol. The maximum absolute atomic E-state index is 13.3. The van der Waals surface area contributed by atoms with Crippen LogP contribution in [0.5, 0.6) is 0 Å². The van der Waals surface area contributed by atoms with E-state index in [0.29, 0.717) is 0 Å². The molecule has 2 aromatic carbocycles. The van der Waals surface area contributed by atoms with Crippen molar-refractivity contribution in [2.24, 2.45) is 0 Å². The van der Waals surface area contributed by atoms with E-state index in [-0.39, 0.29) is 5.82 Å². The smallest absolute Gasteiger partial charge is 0.123 e. The fraction of sp³-hybridized carbons (Fsp3) is 0.286. The van der Waals surface area contributed by atoms with Crippen LogP contribution >= 0.6 is 0 Å². The number of fused-ring (bicyclic) bond motifs is 1. The lowest BCUT2D eigenvalue weighted by atomic mass is 10.1. The highest BCUT2D eigenvalue weighted by molar-refractivity contribution is 5.89. The third-order valence-electron chi connectivity index (χ3n) is 4.15. The second kappa shape index (κ2) is 7.43. The summed E-state index contributed by atoms with van der Waals surface area (Å²) in [5.74, 6) is -0.222. The van der Waals surface area contributed by atoms with Crippen molar-refractivity contribution < 1.29 is 4.39 Å². The summed E-state index contributed by atoms with van der Waals surface area (Å²) in [6.45, 7) is 6.35. The van der Waals surface area contributed by atoms with Crippen molar-refractivity contribution in [1.82, 2.24) is 4.98 Å². The van der Waals surface area contributed by atoms with Gasteiger partial charge in [-0.05, 0) is 49.2 Å². The van der Waals surface area contributed by atoms with Crippen molar-refractivity contribution in [3.63, 3.8) is 0 Å². The molecule has 3 rings (SSSR count). The first-order chi connectivity index (χ1) is 11.7. The van der Waals surface area contributed by atoms with Gasteiger partial charge in [0.25, 0.3) is 0 Å². The first-order valence-electron chi connectivity index (χ1n) is 8.63. The molecule has 0 saturated heterocycles. The van der Waals surface area contributed by atoms with E-state index in [1.54, 1.807) is 0 Å². The number of benzene rings is 2. The molecule has 1 heterocycles. The molecule has 0 aliphatic rings. The zero-order chi connectivity index (χ0) is 16.9. The number of hydrogen-bond acceptors (Lipinski definition) is 2. The minimum Gasteiger partial charge on any atom is -0.370 e. The molecule has 0 fully saturated rings. The van der Waals surface area contributed by atoms with Gasteiger partial charge >= 0.3 is 0 Å². The van der Waals surface area contributed by atoms with E-state index < -0.39 is 0 Å².